The molecule has 0 spiro atoms. The minimum absolute atomic E-state index is 0.0687. The van der Waals surface area contributed by atoms with Gasteiger partial charge in [-0.3, -0.25) is 0 Å². The molecular formula is C40H26F6N2O2. The van der Waals surface area contributed by atoms with Gasteiger partial charge in [-0.1, -0.05) is 60.7 Å². The normalized spacial score (nSPS) is 10.6. The highest BCUT2D eigenvalue weighted by atomic mass is 19.3. The molecule has 0 N–H and O–H groups in total. The van der Waals surface area contributed by atoms with E-state index in [4.69, 9.17) is 0 Å². The van der Waals surface area contributed by atoms with Crippen molar-refractivity contribution in [1.29, 1.82) is 0 Å². The second-order valence-corrected chi connectivity index (χ2v) is 10.7. The predicted octanol–water partition coefficient (Wildman–Crippen LogP) is 13.1. The summed E-state index contributed by atoms with van der Waals surface area (Å²) in [5.41, 5.74) is 6.60. The van der Waals surface area contributed by atoms with E-state index in [9.17, 15) is 26.3 Å². The first kappa shape index (κ1) is 33.5. The van der Waals surface area contributed by atoms with Gasteiger partial charge in [0.25, 0.3) is 0 Å². The van der Waals surface area contributed by atoms with E-state index in [0.29, 0.717) is 11.4 Å². The second-order valence-electron chi connectivity index (χ2n) is 10.7. The number of rotatable bonds is 11. The predicted molar refractivity (Wildman–Crippen MR) is 183 cm³/mol. The Morgan fingerprint density at radius 1 is 0.320 bits per heavy atom. The molecule has 6 aromatic rings. The molecule has 0 unspecified atom stereocenters. The lowest BCUT2D eigenvalue weighted by Crippen LogP contribution is -2.10. The van der Waals surface area contributed by atoms with Gasteiger partial charge >= 0.3 is 24.2 Å². The van der Waals surface area contributed by atoms with Gasteiger partial charge in [0.15, 0.2) is 0 Å². The van der Waals surface area contributed by atoms with E-state index in [1.165, 1.54) is 24.3 Å². The maximum Gasteiger partial charge on any atom is 0.344 e. The first-order valence-corrected chi connectivity index (χ1v) is 15.1. The Hall–Kier alpha value is -6.42. The maximum atomic E-state index is 13.3. The van der Waals surface area contributed by atoms with Crippen LogP contribution in [0.5, 0.6) is 11.5 Å². The summed E-state index contributed by atoms with van der Waals surface area (Å²) in [6.07, 6.45) is -5.07. The van der Waals surface area contributed by atoms with Crippen LogP contribution in [0.25, 0.3) is 11.1 Å². The number of benzene rings is 6. The summed E-state index contributed by atoms with van der Waals surface area (Å²) in [5.74, 6) is -0.137. The fourth-order valence-electron chi connectivity index (χ4n) is 5.27. The number of hydrogen-bond acceptors (Lipinski definition) is 4. The summed E-state index contributed by atoms with van der Waals surface area (Å²) in [6.45, 7) is 0. The topological polar surface area (TPSA) is 24.9 Å². The van der Waals surface area contributed by atoms with Gasteiger partial charge in [0, 0.05) is 34.1 Å². The lowest BCUT2D eigenvalue weighted by molar-refractivity contribution is 0.241. The average Bonchev–Trinajstić information content (AvgIpc) is 3.15. The zero-order valence-corrected chi connectivity index (χ0v) is 26.0. The largest absolute Gasteiger partial charge is 0.428 e. The third-order valence-corrected chi connectivity index (χ3v) is 7.52. The third kappa shape index (κ3) is 7.82. The molecule has 0 heterocycles. The highest BCUT2D eigenvalue weighted by Gasteiger charge is 2.16. The molecule has 0 saturated heterocycles. The van der Waals surface area contributed by atoms with Crippen LogP contribution in [0.4, 0.5) is 60.5 Å². The molecular weight excluding hydrogens is 654 g/mol. The van der Waals surface area contributed by atoms with Crippen molar-refractivity contribution in [3.63, 3.8) is 0 Å². The van der Waals surface area contributed by atoms with Crippen LogP contribution in [-0.2, 0) is 0 Å². The lowest BCUT2D eigenvalue weighted by Gasteiger charge is -2.26. The molecule has 0 atom stereocenters. The minimum atomic E-state index is -2.53. The summed E-state index contributed by atoms with van der Waals surface area (Å²) < 4.78 is 85.9. The Morgan fingerprint density at radius 2 is 0.580 bits per heavy atom. The summed E-state index contributed by atoms with van der Waals surface area (Å²) in [6, 6.07) is 43.1. The van der Waals surface area contributed by atoms with Crippen molar-refractivity contribution in [2.24, 2.45) is 0 Å². The van der Waals surface area contributed by atoms with Crippen LogP contribution in [0.2, 0.25) is 0 Å². The average molecular weight is 681 g/mol. The summed E-state index contributed by atoms with van der Waals surface area (Å²) in [4.78, 5) is 3.93. The number of halogens is 6. The van der Waals surface area contributed by atoms with Crippen molar-refractivity contribution >= 4 is 34.1 Å². The van der Waals surface area contributed by atoms with E-state index in [0.717, 1.165) is 33.9 Å². The molecule has 0 aliphatic heterocycles. The van der Waals surface area contributed by atoms with Crippen LogP contribution in [-0.4, -0.2) is 0 Å². The Kier molecular flexibility index (Phi) is 10.2. The molecule has 0 aromatic heterocycles. The molecule has 50 heavy (non-hydrogen) atoms. The Morgan fingerprint density at radius 3 is 0.860 bits per heavy atom. The van der Waals surface area contributed by atoms with E-state index < -0.39 is 24.2 Å². The smallest absolute Gasteiger partial charge is 0.344 e. The summed E-state index contributed by atoms with van der Waals surface area (Å²) in [7, 11) is 0. The molecule has 0 radical (unpaired) electrons. The zero-order valence-electron chi connectivity index (χ0n) is 26.0. The van der Waals surface area contributed by atoms with Gasteiger partial charge in [-0.2, -0.15) is 26.3 Å². The van der Waals surface area contributed by atoms with Crippen molar-refractivity contribution in [1.82, 2.24) is 0 Å². The van der Waals surface area contributed by atoms with Crippen LogP contribution in [0, 0.1) is 0 Å². The number of ether oxygens (including phenoxy) is 2. The second kappa shape index (κ2) is 15.2. The molecule has 0 amide bonds. The van der Waals surface area contributed by atoms with Crippen LogP contribution in [0.3, 0.4) is 0 Å². The van der Waals surface area contributed by atoms with E-state index in [1.807, 2.05) is 119 Å². The quantitative estimate of drug-likeness (QED) is 0.100. The Balaban J connectivity index is 1.26. The molecule has 4 nitrogen and oxygen atoms in total. The van der Waals surface area contributed by atoms with Gasteiger partial charge in [0.1, 0.15) is 11.5 Å². The van der Waals surface area contributed by atoms with Crippen LogP contribution in [0.1, 0.15) is 0 Å². The van der Waals surface area contributed by atoms with Crippen molar-refractivity contribution in [2.45, 2.75) is 0 Å². The van der Waals surface area contributed by atoms with Crippen molar-refractivity contribution in [3.8, 4) is 22.6 Å². The highest BCUT2D eigenvalue weighted by molar-refractivity contribution is 5.80. The monoisotopic (exact) mass is 680 g/mol. The highest BCUT2D eigenvalue weighted by Crippen LogP contribution is 2.39. The summed E-state index contributed by atoms with van der Waals surface area (Å²) in [5, 5.41) is 0. The van der Waals surface area contributed by atoms with Crippen LogP contribution in [0.15, 0.2) is 182 Å². The lowest BCUT2D eigenvalue weighted by atomic mass is 10.0. The van der Waals surface area contributed by atoms with Gasteiger partial charge in [0.2, 0.25) is 0 Å². The summed E-state index contributed by atoms with van der Waals surface area (Å²) >= 11 is 0. The first-order valence-electron chi connectivity index (χ1n) is 15.1. The van der Waals surface area contributed by atoms with Gasteiger partial charge in [0.05, 0.1) is 0 Å². The Labute approximate surface area is 284 Å². The number of anilines is 6. The van der Waals surface area contributed by atoms with Gasteiger partial charge < -0.3 is 19.3 Å². The molecule has 0 saturated carbocycles. The fourth-order valence-corrected chi connectivity index (χ4v) is 5.27. The standard InChI is InChI=1S/C40H26F6N2O2/c41-37(42)39(45)49-35-23-19-33(20-24-35)47(29-7-3-1-4-8-29)31-15-11-27(12-16-31)28-13-17-32(18-14-28)48(30-9-5-2-6-10-30)34-21-25-36(26-22-34)50-40(46)38(43)44/h1-26H. The molecule has 250 valence electrons. The van der Waals surface area contributed by atoms with Gasteiger partial charge in [-0.15, -0.1) is 0 Å². The third-order valence-electron chi connectivity index (χ3n) is 7.52. The van der Waals surface area contributed by atoms with E-state index in [2.05, 4.69) is 9.47 Å². The maximum absolute atomic E-state index is 13.3. The molecule has 0 fully saturated rings. The molecule has 0 bridgehead atoms. The molecule has 6 rings (SSSR count). The number of hydrogen-bond donors (Lipinski definition) is 0. The zero-order chi connectivity index (χ0) is 35.0. The van der Waals surface area contributed by atoms with Crippen LogP contribution >= 0.6 is 0 Å². The minimum Gasteiger partial charge on any atom is -0.428 e. The number of nitrogens with zero attached hydrogens (tertiary/aromatic N) is 2. The van der Waals surface area contributed by atoms with Crippen LogP contribution < -0.4 is 19.3 Å². The van der Waals surface area contributed by atoms with Crippen molar-refractivity contribution in [3.05, 3.63) is 182 Å². The van der Waals surface area contributed by atoms with Gasteiger partial charge in [-0.05, 0) is 108 Å². The SMILES string of the molecule is FC(F)=C(F)Oc1ccc(N(c2ccccc2)c2ccc(-c3ccc(N(c4ccccc4)c4ccc(OC(F)=C(F)F)cc4)cc3)cc2)cc1. The molecule has 6 aromatic carbocycles. The van der Waals surface area contributed by atoms with E-state index in [-0.39, 0.29) is 11.5 Å². The fraction of sp³-hybridized carbons (Fsp3) is 0. The molecule has 10 heteroatoms. The molecule has 0 aliphatic carbocycles. The van der Waals surface area contributed by atoms with Crippen molar-refractivity contribution in [2.75, 3.05) is 9.80 Å². The first-order chi connectivity index (χ1) is 24.3. The van der Waals surface area contributed by atoms with E-state index >= 15 is 0 Å². The molecule has 0 aliphatic rings. The van der Waals surface area contributed by atoms with Crippen molar-refractivity contribution < 1.29 is 35.8 Å². The van der Waals surface area contributed by atoms with Gasteiger partial charge in [-0.25, -0.2) is 0 Å². The number of para-hydroxylation sites is 2. The Bertz CT molecular complexity index is 1930. The van der Waals surface area contributed by atoms with E-state index in [1.54, 1.807) is 24.3 Å².